The number of fused-ring (bicyclic) bond motifs is 1. The van der Waals surface area contributed by atoms with Gasteiger partial charge in [0.2, 0.25) is 0 Å². The van der Waals surface area contributed by atoms with Gasteiger partial charge in [-0.25, -0.2) is 4.79 Å². The number of hydrogen-bond acceptors (Lipinski definition) is 3. The van der Waals surface area contributed by atoms with E-state index in [-0.39, 0.29) is 11.7 Å². The summed E-state index contributed by atoms with van der Waals surface area (Å²) in [4.78, 5) is 13.0. The van der Waals surface area contributed by atoms with Crippen molar-refractivity contribution in [3.05, 3.63) is 100 Å². The van der Waals surface area contributed by atoms with Gasteiger partial charge in [-0.3, -0.25) is 9.25 Å². The number of benzene rings is 2. The second-order valence-electron chi connectivity index (χ2n) is 6.83. The molecule has 0 aliphatic carbocycles. The van der Waals surface area contributed by atoms with Gasteiger partial charge in [-0.05, 0) is 17.5 Å². The van der Waals surface area contributed by atoms with Crippen molar-refractivity contribution >= 4 is 0 Å². The van der Waals surface area contributed by atoms with Crippen LogP contribution in [0.15, 0.2) is 77.9 Å². The Balaban J connectivity index is 1.47. The van der Waals surface area contributed by atoms with E-state index in [1.54, 1.807) is 6.20 Å². The molecule has 6 heteroatoms. The Labute approximate surface area is 156 Å². The van der Waals surface area contributed by atoms with Crippen LogP contribution in [-0.2, 0) is 13.0 Å². The molecule has 0 fully saturated rings. The zero-order valence-electron chi connectivity index (χ0n) is 14.8. The molecule has 0 bridgehead atoms. The van der Waals surface area contributed by atoms with Crippen molar-refractivity contribution in [1.82, 2.24) is 24.1 Å². The van der Waals surface area contributed by atoms with Gasteiger partial charge in [0.05, 0.1) is 25.0 Å². The van der Waals surface area contributed by atoms with Gasteiger partial charge >= 0.3 is 5.69 Å². The van der Waals surface area contributed by atoms with Crippen molar-refractivity contribution in [3.8, 4) is 5.69 Å². The van der Waals surface area contributed by atoms with Gasteiger partial charge in [0, 0.05) is 6.42 Å². The number of aromatic nitrogens is 5. The minimum Gasteiger partial charge on any atom is -0.271 e. The predicted octanol–water partition coefficient (Wildman–Crippen LogP) is 2.81. The van der Waals surface area contributed by atoms with Crippen LogP contribution in [0.1, 0.15) is 29.4 Å². The average molecular weight is 357 g/mol. The zero-order chi connectivity index (χ0) is 18.2. The molecule has 4 aromatic rings. The van der Waals surface area contributed by atoms with Gasteiger partial charge in [-0.1, -0.05) is 60.7 Å². The van der Waals surface area contributed by atoms with Crippen molar-refractivity contribution in [2.75, 3.05) is 0 Å². The minimum absolute atomic E-state index is 0.0572. The number of aryl methyl sites for hydroxylation is 1. The molecule has 134 valence electrons. The first kappa shape index (κ1) is 15.8. The standard InChI is InChI=1S/C21H19N5O/c27-21-25-19(17-9-5-2-6-10-17)11-12-20(25)23-26(21)18-13-22-24(15-18)14-16-7-3-1-4-8-16/h1-10,13,15,19H,11-12,14H2/t19-/m0/s1. The first-order chi connectivity index (χ1) is 13.3. The molecule has 0 N–H and O–H groups in total. The third-order valence-electron chi connectivity index (χ3n) is 5.07. The van der Waals surface area contributed by atoms with Crippen LogP contribution in [0.3, 0.4) is 0 Å². The van der Waals surface area contributed by atoms with Crippen LogP contribution in [0, 0.1) is 0 Å². The summed E-state index contributed by atoms with van der Waals surface area (Å²) in [6.45, 7) is 0.662. The maximum Gasteiger partial charge on any atom is 0.351 e. The first-order valence-corrected chi connectivity index (χ1v) is 9.12. The molecule has 2 aromatic carbocycles. The van der Waals surface area contributed by atoms with Gasteiger partial charge in [0.15, 0.2) is 0 Å². The normalized spacial score (nSPS) is 15.8. The highest BCUT2D eigenvalue weighted by Gasteiger charge is 2.29. The smallest absolute Gasteiger partial charge is 0.271 e. The first-order valence-electron chi connectivity index (χ1n) is 9.12. The fourth-order valence-corrected chi connectivity index (χ4v) is 3.78. The molecule has 1 atom stereocenters. The second kappa shape index (κ2) is 6.39. The molecule has 1 aliphatic heterocycles. The molecule has 6 nitrogen and oxygen atoms in total. The highest BCUT2D eigenvalue weighted by molar-refractivity contribution is 5.27. The topological polar surface area (TPSA) is 57.6 Å². The summed E-state index contributed by atoms with van der Waals surface area (Å²) in [5.74, 6) is 0.838. The van der Waals surface area contributed by atoms with Gasteiger partial charge in [0.25, 0.3) is 0 Å². The molecule has 5 rings (SSSR count). The van der Waals surface area contributed by atoms with Crippen LogP contribution in [0.5, 0.6) is 0 Å². The molecule has 1 aliphatic rings. The third-order valence-corrected chi connectivity index (χ3v) is 5.07. The molecule has 0 spiro atoms. The van der Waals surface area contributed by atoms with E-state index in [0.29, 0.717) is 12.2 Å². The molecule has 0 saturated heterocycles. The maximum absolute atomic E-state index is 13.0. The predicted molar refractivity (Wildman–Crippen MR) is 102 cm³/mol. The molecule has 0 radical (unpaired) electrons. The van der Waals surface area contributed by atoms with Crippen molar-refractivity contribution in [2.24, 2.45) is 0 Å². The Hall–Kier alpha value is -3.41. The Kier molecular flexibility index (Phi) is 3.74. The zero-order valence-corrected chi connectivity index (χ0v) is 14.8. The lowest BCUT2D eigenvalue weighted by molar-refractivity contribution is 0.588. The second-order valence-corrected chi connectivity index (χ2v) is 6.83. The summed E-state index contributed by atoms with van der Waals surface area (Å²) < 4.78 is 5.12. The SMILES string of the molecule is O=c1n(-c2cnn(Cc3ccccc3)c2)nc2n1[C@H](c1ccccc1)CC2. The average Bonchev–Trinajstić information content (AvgIpc) is 3.40. The summed E-state index contributed by atoms with van der Waals surface area (Å²) in [7, 11) is 0. The van der Waals surface area contributed by atoms with E-state index < -0.39 is 0 Å². The van der Waals surface area contributed by atoms with Crippen molar-refractivity contribution < 1.29 is 0 Å². The Morgan fingerprint density at radius 3 is 2.52 bits per heavy atom. The van der Waals surface area contributed by atoms with E-state index in [9.17, 15) is 4.79 Å². The summed E-state index contributed by atoms with van der Waals surface area (Å²) in [5, 5.41) is 8.97. The molecule has 0 amide bonds. The lowest BCUT2D eigenvalue weighted by Crippen LogP contribution is -2.26. The summed E-state index contributed by atoms with van der Waals surface area (Å²) >= 11 is 0. The highest BCUT2D eigenvalue weighted by Crippen LogP contribution is 2.29. The van der Waals surface area contributed by atoms with Gasteiger partial charge in [-0.15, -0.1) is 5.10 Å². The quantitative estimate of drug-likeness (QED) is 0.564. The van der Waals surface area contributed by atoms with Gasteiger partial charge in [0.1, 0.15) is 11.5 Å². The number of hydrogen-bond donors (Lipinski definition) is 0. The molecule has 2 aromatic heterocycles. The largest absolute Gasteiger partial charge is 0.351 e. The van der Waals surface area contributed by atoms with Crippen LogP contribution in [0.2, 0.25) is 0 Å². The van der Waals surface area contributed by atoms with E-state index in [0.717, 1.165) is 29.8 Å². The van der Waals surface area contributed by atoms with Crippen molar-refractivity contribution in [1.29, 1.82) is 0 Å². The van der Waals surface area contributed by atoms with E-state index in [1.165, 1.54) is 4.68 Å². The van der Waals surface area contributed by atoms with E-state index in [1.807, 2.05) is 51.8 Å². The van der Waals surface area contributed by atoms with E-state index >= 15 is 0 Å². The Bertz CT molecular complexity index is 1120. The Morgan fingerprint density at radius 1 is 1.00 bits per heavy atom. The number of nitrogens with zero attached hydrogens (tertiary/aromatic N) is 5. The molecule has 0 saturated carbocycles. The monoisotopic (exact) mass is 357 g/mol. The van der Waals surface area contributed by atoms with E-state index in [4.69, 9.17) is 0 Å². The molecule has 27 heavy (non-hydrogen) atoms. The molecular formula is C21H19N5O. The minimum atomic E-state index is -0.101. The van der Waals surface area contributed by atoms with Gasteiger partial charge in [-0.2, -0.15) is 9.78 Å². The summed E-state index contributed by atoms with van der Waals surface area (Å²) in [6.07, 6.45) is 5.29. The van der Waals surface area contributed by atoms with Crippen LogP contribution in [-0.4, -0.2) is 24.1 Å². The van der Waals surface area contributed by atoms with Gasteiger partial charge < -0.3 is 0 Å². The lowest BCUT2D eigenvalue weighted by Gasteiger charge is -2.11. The Morgan fingerprint density at radius 2 is 1.74 bits per heavy atom. The van der Waals surface area contributed by atoms with Crippen LogP contribution < -0.4 is 5.69 Å². The number of rotatable bonds is 4. The van der Waals surface area contributed by atoms with E-state index in [2.05, 4.69) is 34.5 Å². The molecule has 0 unspecified atom stereocenters. The highest BCUT2D eigenvalue weighted by atomic mass is 16.2. The lowest BCUT2D eigenvalue weighted by atomic mass is 10.1. The summed E-state index contributed by atoms with van der Waals surface area (Å²) in [6, 6.07) is 20.3. The van der Waals surface area contributed by atoms with Crippen molar-refractivity contribution in [3.63, 3.8) is 0 Å². The van der Waals surface area contributed by atoms with Crippen LogP contribution >= 0.6 is 0 Å². The fourth-order valence-electron chi connectivity index (χ4n) is 3.78. The molecular weight excluding hydrogens is 338 g/mol. The molecule has 3 heterocycles. The fraction of sp³-hybridized carbons (Fsp3) is 0.190. The maximum atomic E-state index is 13.0. The van der Waals surface area contributed by atoms with Crippen LogP contribution in [0.25, 0.3) is 5.69 Å². The third kappa shape index (κ3) is 2.79. The summed E-state index contributed by atoms with van der Waals surface area (Å²) in [5.41, 5.74) is 2.91. The van der Waals surface area contributed by atoms with Crippen LogP contribution in [0.4, 0.5) is 0 Å². The van der Waals surface area contributed by atoms with Crippen molar-refractivity contribution in [2.45, 2.75) is 25.4 Å².